The van der Waals surface area contributed by atoms with Gasteiger partial charge in [0.1, 0.15) is 13.2 Å². The molecular weight excluding hydrogens is 757 g/mol. The molecule has 6 nitrogen and oxygen atoms in total. The molecule has 0 amide bonds. The fourth-order valence-corrected chi connectivity index (χ4v) is 7.13. The second-order valence-electron chi connectivity index (χ2n) is 17.1. The van der Waals surface area contributed by atoms with Gasteiger partial charge in [0, 0.05) is 19.3 Å². The highest BCUT2D eigenvalue weighted by Crippen LogP contribution is 2.15. The Bertz CT molecular complexity index is 1120. The van der Waals surface area contributed by atoms with E-state index in [0.29, 0.717) is 19.3 Å². The molecule has 0 aliphatic rings. The maximum atomic E-state index is 12.8. The Morgan fingerprint density at radius 2 is 0.639 bits per heavy atom. The summed E-state index contributed by atoms with van der Waals surface area (Å²) in [5.41, 5.74) is 0. The first-order chi connectivity index (χ1) is 30.0. The van der Waals surface area contributed by atoms with E-state index in [9.17, 15) is 14.4 Å². The number of esters is 3. The SMILES string of the molecule is CCC=CCC=CCC=CCCCCCCCC(=O)OC[C@@H](COC(=O)CCCCCCCC=CCC=CCCCCC)OC(=O)CCCCCCCCCCCCCCC. The van der Waals surface area contributed by atoms with E-state index < -0.39 is 6.10 Å². The highest BCUT2D eigenvalue weighted by Gasteiger charge is 2.19. The fourth-order valence-electron chi connectivity index (χ4n) is 7.13. The zero-order valence-electron chi connectivity index (χ0n) is 40.2. The molecule has 0 saturated heterocycles. The lowest BCUT2D eigenvalue weighted by atomic mass is 10.0. The number of hydrogen-bond acceptors (Lipinski definition) is 6. The van der Waals surface area contributed by atoms with Crippen LogP contribution in [0.3, 0.4) is 0 Å². The Morgan fingerprint density at radius 1 is 0.344 bits per heavy atom. The summed E-state index contributed by atoms with van der Waals surface area (Å²) in [6.45, 7) is 6.48. The second-order valence-corrected chi connectivity index (χ2v) is 17.1. The van der Waals surface area contributed by atoms with Gasteiger partial charge in [-0.3, -0.25) is 14.4 Å². The zero-order chi connectivity index (χ0) is 44.4. The third-order valence-corrected chi connectivity index (χ3v) is 11.0. The van der Waals surface area contributed by atoms with E-state index in [-0.39, 0.29) is 31.1 Å². The monoisotopic (exact) mass is 853 g/mol. The van der Waals surface area contributed by atoms with Gasteiger partial charge in [-0.05, 0) is 83.5 Å². The van der Waals surface area contributed by atoms with Crippen LogP contribution < -0.4 is 0 Å². The van der Waals surface area contributed by atoms with Crippen LogP contribution in [0.5, 0.6) is 0 Å². The Hall–Kier alpha value is -2.89. The predicted octanol–water partition coefficient (Wildman–Crippen LogP) is 16.9. The molecule has 0 rings (SSSR count). The Labute approximate surface area is 377 Å². The van der Waals surface area contributed by atoms with Gasteiger partial charge < -0.3 is 14.2 Å². The van der Waals surface area contributed by atoms with Gasteiger partial charge in [0.05, 0.1) is 0 Å². The molecule has 0 bridgehead atoms. The summed E-state index contributed by atoms with van der Waals surface area (Å²) in [5, 5.41) is 0. The third kappa shape index (κ3) is 48.0. The van der Waals surface area contributed by atoms with Crippen LogP contribution in [0.4, 0.5) is 0 Å². The van der Waals surface area contributed by atoms with Crippen LogP contribution in [0.25, 0.3) is 0 Å². The van der Waals surface area contributed by atoms with Crippen molar-refractivity contribution in [3.8, 4) is 0 Å². The van der Waals surface area contributed by atoms with Crippen molar-refractivity contribution in [3.05, 3.63) is 60.8 Å². The number of ether oxygens (including phenoxy) is 3. The largest absolute Gasteiger partial charge is 0.462 e. The average molecular weight is 853 g/mol. The maximum absolute atomic E-state index is 12.8. The molecule has 0 aliphatic carbocycles. The van der Waals surface area contributed by atoms with Gasteiger partial charge in [0.15, 0.2) is 6.10 Å². The zero-order valence-corrected chi connectivity index (χ0v) is 40.2. The minimum Gasteiger partial charge on any atom is -0.462 e. The maximum Gasteiger partial charge on any atom is 0.306 e. The molecule has 0 aliphatic heterocycles. The molecule has 0 radical (unpaired) electrons. The fraction of sp³-hybridized carbons (Fsp3) is 0.764. The predicted molar refractivity (Wildman–Crippen MR) is 261 cm³/mol. The van der Waals surface area contributed by atoms with Crippen molar-refractivity contribution < 1.29 is 28.6 Å². The number of allylic oxidation sites excluding steroid dienone is 10. The van der Waals surface area contributed by atoms with Gasteiger partial charge in [-0.2, -0.15) is 0 Å². The molecule has 0 heterocycles. The first-order valence-corrected chi connectivity index (χ1v) is 25.8. The van der Waals surface area contributed by atoms with Crippen LogP contribution in [0, 0.1) is 0 Å². The van der Waals surface area contributed by atoms with Crippen LogP contribution in [-0.2, 0) is 28.6 Å². The summed E-state index contributed by atoms with van der Waals surface area (Å²) in [7, 11) is 0. The van der Waals surface area contributed by atoms with Gasteiger partial charge in [-0.15, -0.1) is 0 Å². The lowest BCUT2D eigenvalue weighted by molar-refractivity contribution is -0.167. The summed E-state index contributed by atoms with van der Waals surface area (Å²) < 4.78 is 16.8. The van der Waals surface area contributed by atoms with Crippen LogP contribution in [0.2, 0.25) is 0 Å². The summed E-state index contributed by atoms with van der Waals surface area (Å²) >= 11 is 0. The molecule has 0 aromatic carbocycles. The van der Waals surface area contributed by atoms with Crippen LogP contribution in [0.1, 0.15) is 252 Å². The van der Waals surface area contributed by atoms with E-state index in [0.717, 1.165) is 116 Å². The van der Waals surface area contributed by atoms with E-state index in [4.69, 9.17) is 14.2 Å². The number of carbonyl (C=O) groups excluding carboxylic acids is 3. The van der Waals surface area contributed by atoms with Gasteiger partial charge in [0.2, 0.25) is 0 Å². The smallest absolute Gasteiger partial charge is 0.306 e. The number of unbranched alkanes of at least 4 members (excludes halogenated alkanes) is 25. The summed E-state index contributed by atoms with van der Waals surface area (Å²) in [6.07, 6.45) is 60.5. The molecule has 61 heavy (non-hydrogen) atoms. The van der Waals surface area contributed by atoms with E-state index in [2.05, 4.69) is 81.5 Å². The standard InChI is InChI=1S/C55H96O6/c1-4-7-10-13-16-19-22-25-27-30-32-35-38-41-44-47-53(56)59-50-52(61-55(58)49-46-43-40-37-34-29-24-21-18-15-12-9-6-3)51-60-54(57)48-45-42-39-36-33-31-28-26-23-20-17-14-11-8-5-2/h7,10,16-17,19-20,25-28,52H,4-6,8-9,11-15,18,21-24,29-51H2,1-3H3/t52-/m0/s1. The molecule has 1 atom stereocenters. The molecule has 0 aromatic rings. The van der Waals surface area contributed by atoms with Gasteiger partial charge in [0.25, 0.3) is 0 Å². The van der Waals surface area contributed by atoms with Crippen molar-refractivity contribution in [1.82, 2.24) is 0 Å². The van der Waals surface area contributed by atoms with Crippen molar-refractivity contribution in [2.75, 3.05) is 13.2 Å². The van der Waals surface area contributed by atoms with E-state index in [1.807, 2.05) is 0 Å². The molecule has 0 N–H and O–H groups in total. The molecule has 352 valence electrons. The van der Waals surface area contributed by atoms with Crippen molar-refractivity contribution in [3.63, 3.8) is 0 Å². The molecule has 6 heteroatoms. The highest BCUT2D eigenvalue weighted by atomic mass is 16.6. The lowest BCUT2D eigenvalue weighted by Crippen LogP contribution is -2.30. The van der Waals surface area contributed by atoms with Gasteiger partial charge in [-0.1, -0.05) is 210 Å². The van der Waals surface area contributed by atoms with Crippen molar-refractivity contribution in [2.24, 2.45) is 0 Å². The average Bonchev–Trinajstić information content (AvgIpc) is 3.26. The minimum absolute atomic E-state index is 0.0856. The molecular formula is C55H96O6. The summed E-state index contributed by atoms with van der Waals surface area (Å²) in [5.74, 6) is -0.910. The molecule has 0 unspecified atom stereocenters. The minimum atomic E-state index is -0.784. The normalized spacial score (nSPS) is 12.5. The third-order valence-electron chi connectivity index (χ3n) is 11.0. The molecule has 0 saturated carbocycles. The van der Waals surface area contributed by atoms with Gasteiger partial charge >= 0.3 is 17.9 Å². The molecule has 0 spiro atoms. The topological polar surface area (TPSA) is 78.9 Å². The number of rotatable bonds is 46. The van der Waals surface area contributed by atoms with E-state index in [1.165, 1.54) is 96.3 Å². The molecule has 0 fully saturated rings. The van der Waals surface area contributed by atoms with Crippen molar-refractivity contribution in [2.45, 2.75) is 258 Å². The highest BCUT2D eigenvalue weighted by molar-refractivity contribution is 5.71. The Kier molecular flexibility index (Phi) is 47.4. The summed E-state index contributed by atoms with van der Waals surface area (Å²) in [6, 6.07) is 0. The first kappa shape index (κ1) is 58.1. The second kappa shape index (κ2) is 49.8. The first-order valence-electron chi connectivity index (χ1n) is 25.8. The van der Waals surface area contributed by atoms with Crippen LogP contribution in [-0.4, -0.2) is 37.2 Å². The van der Waals surface area contributed by atoms with E-state index >= 15 is 0 Å². The van der Waals surface area contributed by atoms with Gasteiger partial charge in [-0.25, -0.2) is 0 Å². The quantitative estimate of drug-likeness (QED) is 0.0263. The van der Waals surface area contributed by atoms with Crippen molar-refractivity contribution in [1.29, 1.82) is 0 Å². The summed E-state index contributed by atoms with van der Waals surface area (Å²) in [4.78, 5) is 38.0. The van der Waals surface area contributed by atoms with Crippen molar-refractivity contribution >= 4 is 17.9 Å². The lowest BCUT2D eigenvalue weighted by Gasteiger charge is -2.18. The number of hydrogen-bond donors (Lipinski definition) is 0. The Morgan fingerprint density at radius 3 is 1.03 bits per heavy atom. The van der Waals surface area contributed by atoms with E-state index in [1.54, 1.807) is 0 Å². The Balaban J connectivity index is 4.41. The van der Waals surface area contributed by atoms with Crippen LogP contribution >= 0.6 is 0 Å². The molecule has 0 aromatic heterocycles. The number of carbonyl (C=O) groups is 3. The van der Waals surface area contributed by atoms with Crippen LogP contribution in [0.15, 0.2) is 60.8 Å².